The predicted molar refractivity (Wildman–Crippen MR) is 232 cm³/mol. The first-order valence-electron chi connectivity index (χ1n) is 19.0. The molecule has 0 fully saturated rings. The van der Waals surface area contributed by atoms with E-state index >= 15 is 0 Å². The zero-order chi connectivity index (χ0) is 37.5. The monoisotopic (exact) mass is 708 g/mol. The fraction of sp³-hybridized carbons (Fsp3) is 0.115. The van der Waals surface area contributed by atoms with Crippen molar-refractivity contribution in [3.63, 3.8) is 0 Å². The fourth-order valence-electron chi connectivity index (χ4n) is 9.21. The third-order valence-electron chi connectivity index (χ3n) is 11.4. The normalized spacial score (nSPS) is 11.8. The molecule has 2 aromatic heterocycles. The summed E-state index contributed by atoms with van der Waals surface area (Å²) in [6.07, 6.45) is 1.94. The molecule has 0 saturated carbocycles. The van der Waals surface area contributed by atoms with E-state index < -0.39 is 0 Å². The number of para-hydroxylation sites is 1. The zero-order valence-corrected chi connectivity index (χ0v) is 32.0. The van der Waals surface area contributed by atoms with Gasteiger partial charge in [-0.25, -0.2) is 4.98 Å². The second kappa shape index (κ2) is 12.5. The van der Waals surface area contributed by atoms with Crippen LogP contribution >= 0.6 is 0 Å². The van der Waals surface area contributed by atoms with Crippen LogP contribution in [0.3, 0.4) is 0 Å². The molecule has 8 aromatic carbocycles. The summed E-state index contributed by atoms with van der Waals surface area (Å²) in [5, 5.41) is 6.83. The van der Waals surface area contributed by atoms with E-state index in [1.807, 2.05) is 18.3 Å². The van der Waals surface area contributed by atoms with Crippen LogP contribution in [0.4, 0.5) is 0 Å². The van der Waals surface area contributed by atoms with Crippen LogP contribution in [0.2, 0.25) is 0 Å². The van der Waals surface area contributed by atoms with Gasteiger partial charge in [0.05, 0.1) is 22.9 Å². The highest BCUT2D eigenvalue weighted by Crippen LogP contribution is 2.41. The molecular formula is C52H40N2O. The molecule has 0 spiro atoms. The molecule has 10 aromatic rings. The van der Waals surface area contributed by atoms with E-state index in [-0.39, 0.29) is 0 Å². The summed E-state index contributed by atoms with van der Waals surface area (Å²) in [6.45, 7) is 13.2. The standard InChI is InChI=1S/C52H40N2O/c1-29-20-31(3)49(32(4)21-29)38-14-17-41-43(26-38)44-27-39(50-33(5)22-30(2)23-34(50)6)15-18-42(44)52-51(41)53-28-46(54-52)37-11-9-10-35(24-37)36-16-19-48-45(25-36)40-12-7-8-13-47(40)55-48/h7-28H,1-6H3. The Kier molecular flexibility index (Phi) is 7.50. The number of rotatable bonds is 4. The Bertz CT molecular complexity index is 3170. The quantitative estimate of drug-likeness (QED) is 0.171. The van der Waals surface area contributed by atoms with Gasteiger partial charge in [-0.15, -0.1) is 0 Å². The van der Waals surface area contributed by atoms with Crippen LogP contribution in [0.1, 0.15) is 33.4 Å². The summed E-state index contributed by atoms with van der Waals surface area (Å²) in [7, 11) is 0. The van der Waals surface area contributed by atoms with Crippen molar-refractivity contribution in [3.8, 4) is 44.6 Å². The third-order valence-corrected chi connectivity index (χ3v) is 11.4. The lowest BCUT2D eigenvalue weighted by atomic mass is 9.88. The molecule has 2 heterocycles. The zero-order valence-electron chi connectivity index (χ0n) is 32.0. The average Bonchev–Trinajstić information content (AvgIpc) is 3.55. The minimum atomic E-state index is 0.849. The summed E-state index contributed by atoms with van der Waals surface area (Å²) >= 11 is 0. The largest absolute Gasteiger partial charge is 0.456 e. The summed E-state index contributed by atoms with van der Waals surface area (Å²) in [6, 6.07) is 46.2. The minimum Gasteiger partial charge on any atom is -0.456 e. The topological polar surface area (TPSA) is 38.9 Å². The van der Waals surface area contributed by atoms with Crippen molar-refractivity contribution in [2.45, 2.75) is 41.5 Å². The molecule has 3 nitrogen and oxygen atoms in total. The highest BCUT2D eigenvalue weighted by molar-refractivity contribution is 6.24. The Morgan fingerprint density at radius 2 is 0.909 bits per heavy atom. The lowest BCUT2D eigenvalue weighted by molar-refractivity contribution is 0.669. The molecule has 0 amide bonds. The van der Waals surface area contributed by atoms with Gasteiger partial charge in [-0.05, 0) is 144 Å². The maximum absolute atomic E-state index is 6.12. The molecule has 0 aliphatic heterocycles. The maximum atomic E-state index is 6.12. The van der Waals surface area contributed by atoms with Gasteiger partial charge in [-0.3, -0.25) is 4.98 Å². The third kappa shape index (κ3) is 5.41. The first kappa shape index (κ1) is 33.0. The average molecular weight is 709 g/mol. The summed E-state index contributed by atoms with van der Waals surface area (Å²) < 4.78 is 6.12. The van der Waals surface area contributed by atoms with Crippen LogP contribution in [0.15, 0.2) is 138 Å². The number of nitrogens with zero attached hydrogens (tertiary/aromatic N) is 2. The Morgan fingerprint density at radius 1 is 0.382 bits per heavy atom. The van der Waals surface area contributed by atoms with Gasteiger partial charge in [0.15, 0.2) is 0 Å². The molecule has 3 heteroatoms. The van der Waals surface area contributed by atoms with Crippen LogP contribution in [-0.2, 0) is 0 Å². The van der Waals surface area contributed by atoms with E-state index in [1.165, 1.54) is 66.4 Å². The molecule has 0 N–H and O–H groups in total. The molecule has 0 bridgehead atoms. The maximum Gasteiger partial charge on any atom is 0.135 e. The number of hydrogen-bond acceptors (Lipinski definition) is 3. The molecule has 0 unspecified atom stereocenters. The van der Waals surface area contributed by atoms with E-state index in [9.17, 15) is 0 Å². The second-order valence-corrected chi connectivity index (χ2v) is 15.4. The van der Waals surface area contributed by atoms with Gasteiger partial charge in [0.1, 0.15) is 11.2 Å². The first-order valence-corrected chi connectivity index (χ1v) is 19.0. The van der Waals surface area contributed by atoms with Crippen molar-refractivity contribution >= 4 is 54.5 Å². The van der Waals surface area contributed by atoms with Crippen molar-refractivity contribution in [2.75, 3.05) is 0 Å². The molecule has 10 rings (SSSR count). The summed E-state index contributed by atoms with van der Waals surface area (Å²) in [4.78, 5) is 10.6. The van der Waals surface area contributed by atoms with Gasteiger partial charge < -0.3 is 4.42 Å². The molecule has 0 atom stereocenters. The minimum absolute atomic E-state index is 0.849. The van der Waals surface area contributed by atoms with Crippen LogP contribution in [0.25, 0.3) is 99.2 Å². The Hall–Kier alpha value is -6.58. The van der Waals surface area contributed by atoms with Crippen LogP contribution in [0.5, 0.6) is 0 Å². The van der Waals surface area contributed by atoms with Gasteiger partial charge in [-0.1, -0.05) is 102 Å². The van der Waals surface area contributed by atoms with Crippen LogP contribution in [0, 0.1) is 41.5 Å². The van der Waals surface area contributed by atoms with Crippen molar-refractivity contribution in [3.05, 3.63) is 167 Å². The Balaban J connectivity index is 1.18. The fourth-order valence-corrected chi connectivity index (χ4v) is 9.21. The number of furan rings is 1. The highest BCUT2D eigenvalue weighted by atomic mass is 16.3. The summed E-state index contributed by atoms with van der Waals surface area (Å²) in [5.41, 5.74) is 20.5. The Morgan fingerprint density at radius 3 is 1.56 bits per heavy atom. The lowest BCUT2D eigenvalue weighted by Crippen LogP contribution is -1.95. The second-order valence-electron chi connectivity index (χ2n) is 15.4. The van der Waals surface area contributed by atoms with E-state index in [2.05, 4.69) is 157 Å². The van der Waals surface area contributed by atoms with E-state index in [4.69, 9.17) is 14.4 Å². The number of aromatic nitrogens is 2. The number of aryl methyl sites for hydroxylation is 6. The molecule has 0 saturated heterocycles. The molecule has 0 radical (unpaired) electrons. The van der Waals surface area contributed by atoms with E-state index in [0.717, 1.165) is 66.1 Å². The number of benzene rings is 8. The highest BCUT2D eigenvalue weighted by Gasteiger charge is 2.18. The smallest absolute Gasteiger partial charge is 0.135 e. The SMILES string of the molecule is Cc1cc(C)c(-c2ccc3c(c2)c2cc(-c4c(C)cc(C)cc4C)ccc2c2nc(-c4cccc(-c5ccc6oc7ccccc7c6c5)c4)cnc32)c(C)c1. The van der Waals surface area contributed by atoms with Gasteiger partial charge in [0, 0.05) is 27.1 Å². The van der Waals surface area contributed by atoms with Crippen molar-refractivity contribution in [2.24, 2.45) is 0 Å². The van der Waals surface area contributed by atoms with Crippen molar-refractivity contribution in [1.82, 2.24) is 9.97 Å². The van der Waals surface area contributed by atoms with E-state index in [0.29, 0.717) is 0 Å². The van der Waals surface area contributed by atoms with Gasteiger partial charge >= 0.3 is 0 Å². The molecular weight excluding hydrogens is 669 g/mol. The lowest BCUT2D eigenvalue weighted by Gasteiger charge is -2.17. The first-order chi connectivity index (χ1) is 26.7. The summed E-state index contributed by atoms with van der Waals surface area (Å²) in [5.74, 6) is 0. The number of fused-ring (bicyclic) bond motifs is 9. The van der Waals surface area contributed by atoms with Gasteiger partial charge in [0.2, 0.25) is 0 Å². The van der Waals surface area contributed by atoms with E-state index in [1.54, 1.807) is 0 Å². The van der Waals surface area contributed by atoms with Crippen molar-refractivity contribution in [1.29, 1.82) is 0 Å². The Labute approximate surface area is 320 Å². The molecule has 55 heavy (non-hydrogen) atoms. The molecule has 0 aliphatic rings. The van der Waals surface area contributed by atoms with Crippen LogP contribution < -0.4 is 0 Å². The molecule has 264 valence electrons. The van der Waals surface area contributed by atoms with Gasteiger partial charge in [-0.2, -0.15) is 0 Å². The predicted octanol–water partition coefficient (Wildman–Crippen LogP) is 14.4. The number of hydrogen-bond donors (Lipinski definition) is 0. The molecule has 0 aliphatic carbocycles. The van der Waals surface area contributed by atoms with Crippen molar-refractivity contribution < 1.29 is 4.42 Å². The van der Waals surface area contributed by atoms with Crippen LogP contribution in [-0.4, -0.2) is 9.97 Å². The van der Waals surface area contributed by atoms with Gasteiger partial charge in [0.25, 0.3) is 0 Å².